The predicted molar refractivity (Wildman–Crippen MR) is 62.2 cm³/mol. The van der Waals surface area contributed by atoms with E-state index in [4.69, 9.17) is 5.11 Å². The Kier molecular flexibility index (Phi) is 3.21. The van der Waals surface area contributed by atoms with Crippen LogP contribution in [0.15, 0.2) is 33.5 Å². The number of aromatic nitrogens is 2. The number of hydrogen-bond acceptors (Lipinski definition) is 5. The van der Waals surface area contributed by atoms with Gasteiger partial charge in [0.15, 0.2) is 0 Å². The maximum absolute atomic E-state index is 10.7. The van der Waals surface area contributed by atoms with Gasteiger partial charge in [0.05, 0.1) is 5.69 Å². The second-order valence-corrected chi connectivity index (χ2v) is 5.07. The van der Waals surface area contributed by atoms with Crippen molar-refractivity contribution >= 4 is 29.1 Å². The fourth-order valence-electron chi connectivity index (χ4n) is 1.05. The van der Waals surface area contributed by atoms with Crippen molar-refractivity contribution in [3.63, 3.8) is 0 Å². The van der Waals surface area contributed by atoms with Crippen molar-refractivity contribution in [3.05, 3.63) is 34.2 Å². The van der Waals surface area contributed by atoms with Crippen LogP contribution in [0.4, 0.5) is 0 Å². The molecule has 2 rings (SSSR count). The van der Waals surface area contributed by atoms with Crippen molar-refractivity contribution in [2.45, 2.75) is 16.8 Å². The second-order valence-electron chi connectivity index (χ2n) is 3.07. The standard InChI is InChI=1S/C10H8N2O2S2/c1-6-2-3-9(12-11-6)16-7-4-8(10(13)14)15-5-7/h2-5H,1H3,(H,13,14). The number of hydrogen-bond donors (Lipinski definition) is 1. The molecular weight excluding hydrogens is 244 g/mol. The molecule has 0 fully saturated rings. The lowest BCUT2D eigenvalue weighted by Gasteiger charge is -1.96. The molecule has 0 aliphatic carbocycles. The third kappa shape index (κ3) is 2.59. The Balaban J connectivity index is 2.14. The summed E-state index contributed by atoms with van der Waals surface area (Å²) in [5.41, 5.74) is 0.862. The maximum atomic E-state index is 10.7. The molecule has 0 amide bonds. The number of aryl methyl sites for hydroxylation is 1. The molecule has 0 radical (unpaired) electrons. The third-order valence-electron chi connectivity index (χ3n) is 1.78. The highest BCUT2D eigenvalue weighted by atomic mass is 32.2. The molecule has 0 aromatic carbocycles. The molecule has 0 bridgehead atoms. The van der Waals surface area contributed by atoms with Gasteiger partial charge in [-0.25, -0.2) is 4.79 Å². The average molecular weight is 252 g/mol. The van der Waals surface area contributed by atoms with Crippen molar-refractivity contribution in [1.82, 2.24) is 10.2 Å². The first-order chi connectivity index (χ1) is 7.65. The highest BCUT2D eigenvalue weighted by Gasteiger charge is 2.08. The summed E-state index contributed by atoms with van der Waals surface area (Å²) in [6, 6.07) is 5.38. The van der Waals surface area contributed by atoms with E-state index in [0.29, 0.717) is 4.88 Å². The van der Waals surface area contributed by atoms with E-state index in [0.717, 1.165) is 15.6 Å². The van der Waals surface area contributed by atoms with Crippen LogP contribution in [0, 0.1) is 6.92 Å². The van der Waals surface area contributed by atoms with Crippen LogP contribution >= 0.6 is 23.1 Å². The van der Waals surface area contributed by atoms with Crippen molar-refractivity contribution < 1.29 is 9.90 Å². The number of thiophene rings is 1. The highest BCUT2D eigenvalue weighted by molar-refractivity contribution is 7.99. The zero-order valence-corrected chi connectivity index (χ0v) is 10.0. The summed E-state index contributed by atoms with van der Waals surface area (Å²) >= 11 is 2.62. The van der Waals surface area contributed by atoms with Crippen LogP contribution in [0.1, 0.15) is 15.4 Å². The number of nitrogens with zero attached hydrogens (tertiary/aromatic N) is 2. The van der Waals surface area contributed by atoms with Crippen molar-refractivity contribution in [3.8, 4) is 0 Å². The maximum Gasteiger partial charge on any atom is 0.345 e. The molecule has 2 heterocycles. The van der Waals surface area contributed by atoms with E-state index < -0.39 is 5.97 Å². The van der Waals surface area contributed by atoms with E-state index in [2.05, 4.69) is 10.2 Å². The Bertz CT molecular complexity index is 508. The molecule has 2 aromatic rings. The van der Waals surface area contributed by atoms with Gasteiger partial charge < -0.3 is 5.11 Å². The topological polar surface area (TPSA) is 63.1 Å². The van der Waals surface area contributed by atoms with Gasteiger partial charge in [0.2, 0.25) is 0 Å². The lowest BCUT2D eigenvalue weighted by Crippen LogP contribution is -1.90. The zero-order chi connectivity index (χ0) is 11.5. The third-order valence-corrected chi connectivity index (χ3v) is 3.75. The summed E-state index contributed by atoms with van der Waals surface area (Å²) in [5, 5.41) is 19.3. The number of carboxylic acids is 1. The largest absolute Gasteiger partial charge is 0.477 e. The molecular formula is C10H8N2O2S2. The van der Waals surface area contributed by atoms with Crippen LogP contribution in [0.25, 0.3) is 0 Å². The van der Waals surface area contributed by atoms with Crippen molar-refractivity contribution in [1.29, 1.82) is 0 Å². The molecule has 0 saturated carbocycles. The van der Waals surface area contributed by atoms with Gasteiger partial charge in [0.25, 0.3) is 0 Å². The SMILES string of the molecule is Cc1ccc(Sc2csc(C(=O)O)c2)nn1. The van der Waals surface area contributed by atoms with Crippen molar-refractivity contribution in [2.75, 3.05) is 0 Å². The van der Waals surface area contributed by atoms with Gasteiger partial charge in [-0.3, -0.25) is 0 Å². The first-order valence-corrected chi connectivity index (χ1v) is 6.15. The Morgan fingerprint density at radius 2 is 2.25 bits per heavy atom. The Labute approximate surface area is 100 Å². The van der Waals surface area contributed by atoms with Gasteiger partial charge in [-0.05, 0) is 25.1 Å². The molecule has 2 aromatic heterocycles. The minimum Gasteiger partial charge on any atom is -0.477 e. The summed E-state index contributed by atoms with van der Waals surface area (Å²) in [4.78, 5) is 11.9. The molecule has 0 atom stereocenters. The average Bonchev–Trinajstić information content (AvgIpc) is 2.70. The molecule has 0 saturated heterocycles. The van der Waals surface area contributed by atoms with E-state index in [1.165, 1.54) is 23.1 Å². The normalized spacial score (nSPS) is 10.3. The van der Waals surface area contributed by atoms with E-state index in [1.807, 2.05) is 19.1 Å². The van der Waals surface area contributed by atoms with Gasteiger partial charge in [-0.2, -0.15) is 5.10 Å². The molecule has 4 nitrogen and oxygen atoms in total. The van der Waals surface area contributed by atoms with Crippen LogP contribution in [-0.2, 0) is 0 Å². The molecule has 0 aliphatic rings. The van der Waals surface area contributed by atoms with Gasteiger partial charge in [0, 0.05) is 10.3 Å². The Morgan fingerprint density at radius 3 is 2.81 bits per heavy atom. The fourth-order valence-corrected chi connectivity index (χ4v) is 2.70. The molecule has 82 valence electrons. The second kappa shape index (κ2) is 4.63. The number of carboxylic acid groups (broad SMARTS) is 1. The van der Waals surface area contributed by atoms with Crippen LogP contribution in [-0.4, -0.2) is 21.3 Å². The molecule has 0 aliphatic heterocycles. The molecule has 6 heteroatoms. The minimum atomic E-state index is -0.896. The quantitative estimate of drug-likeness (QED) is 0.910. The molecule has 16 heavy (non-hydrogen) atoms. The van der Waals surface area contributed by atoms with Crippen LogP contribution in [0.2, 0.25) is 0 Å². The van der Waals surface area contributed by atoms with Gasteiger partial charge in [0.1, 0.15) is 9.90 Å². The summed E-state index contributed by atoms with van der Waals surface area (Å²) in [5.74, 6) is -0.896. The first-order valence-electron chi connectivity index (χ1n) is 4.45. The van der Waals surface area contributed by atoms with Crippen molar-refractivity contribution in [2.24, 2.45) is 0 Å². The smallest absolute Gasteiger partial charge is 0.345 e. The van der Waals surface area contributed by atoms with Crippen LogP contribution in [0.5, 0.6) is 0 Å². The lowest BCUT2D eigenvalue weighted by atomic mass is 10.4. The summed E-state index contributed by atoms with van der Waals surface area (Å²) in [7, 11) is 0. The van der Waals surface area contributed by atoms with Gasteiger partial charge >= 0.3 is 5.97 Å². The summed E-state index contributed by atoms with van der Waals surface area (Å²) in [6.07, 6.45) is 0. The van der Waals surface area contributed by atoms with E-state index in [9.17, 15) is 4.79 Å². The van der Waals surface area contributed by atoms with E-state index in [1.54, 1.807) is 11.4 Å². The van der Waals surface area contributed by atoms with Crippen LogP contribution < -0.4 is 0 Å². The van der Waals surface area contributed by atoms with Gasteiger partial charge in [-0.15, -0.1) is 16.4 Å². The summed E-state index contributed by atoms with van der Waals surface area (Å²) in [6.45, 7) is 1.87. The molecule has 1 N–H and O–H groups in total. The number of aromatic carboxylic acids is 1. The number of rotatable bonds is 3. The first kappa shape index (κ1) is 11.1. The van der Waals surface area contributed by atoms with E-state index >= 15 is 0 Å². The minimum absolute atomic E-state index is 0.336. The Hall–Kier alpha value is -1.40. The van der Waals surface area contributed by atoms with Crippen LogP contribution in [0.3, 0.4) is 0 Å². The van der Waals surface area contributed by atoms with E-state index in [-0.39, 0.29) is 0 Å². The Morgan fingerprint density at radius 1 is 1.44 bits per heavy atom. The molecule has 0 spiro atoms. The summed E-state index contributed by atoms with van der Waals surface area (Å²) < 4.78 is 0. The lowest BCUT2D eigenvalue weighted by molar-refractivity contribution is 0.0702. The molecule has 0 unspecified atom stereocenters. The predicted octanol–water partition coefficient (Wildman–Crippen LogP) is 2.70. The van der Waals surface area contributed by atoms with Gasteiger partial charge in [-0.1, -0.05) is 11.8 Å². The fraction of sp³-hybridized carbons (Fsp3) is 0.100. The number of carbonyl (C=O) groups is 1. The monoisotopic (exact) mass is 252 g/mol. The zero-order valence-electron chi connectivity index (χ0n) is 8.38. The highest BCUT2D eigenvalue weighted by Crippen LogP contribution is 2.29.